The molecule has 0 bridgehead atoms. The van der Waals surface area contributed by atoms with Crippen molar-refractivity contribution < 1.29 is 9.57 Å². The maximum atomic E-state index is 5.84. The summed E-state index contributed by atoms with van der Waals surface area (Å²) in [5, 5.41) is 6.88. The summed E-state index contributed by atoms with van der Waals surface area (Å²) < 4.78 is 6.05. The van der Waals surface area contributed by atoms with Crippen LogP contribution in [0.15, 0.2) is 76.4 Å². The Morgan fingerprint density at radius 2 is 1.79 bits per heavy atom. The normalized spacial score (nSPS) is 14.5. The number of benzene rings is 3. The summed E-state index contributed by atoms with van der Waals surface area (Å²) in [4.78, 5) is 5.78. The molecule has 5 heteroatoms. The summed E-state index contributed by atoms with van der Waals surface area (Å²) >= 11 is 11.3. The minimum atomic E-state index is 0.207. The van der Waals surface area contributed by atoms with Crippen molar-refractivity contribution in [2.75, 3.05) is 6.61 Å². The van der Waals surface area contributed by atoms with Gasteiger partial charge >= 0.3 is 0 Å². The van der Waals surface area contributed by atoms with Gasteiger partial charge in [-0.15, -0.1) is 0 Å². The second-order valence-corrected chi connectivity index (χ2v) is 7.90. The molecule has 1 aliphatic carbocycles. The maximum absolute atomic E-state index is 5.84. The third-order valence-corrected chi connectivity index (χ3v) is 5.34. The lowest BCUT2D eigenvalue weighted by Gasteiger charge is -2.20. The highest BCUT2D eigenvalue weighted by Gasteiger charge is 2.19. The van der Waals surface area contributed by atoms with Crippen LogP contribution in [0.25, 0.3) is 10.8 Å². The molecule has 3 aromatic carbocycles. The fraction of sp³-hybridized carbons (Fsp3) is 0.208. The Hall–Kier alpha value is -2.49. The minimum Gasteiger partial charge on any atom is -0.489 e. The van der Waals surface area contributed by atoms with Crippen LogP contribution in [0.2, 0.25) is 0 Å². The zero-order valence-corrected chi connectivity index (χ0v) is 17.4. The Morgan fingerprint density at radius 3 is 2.69 bits per heavy atom. The lowest BCUT2D eigenvalue weighted by molar-refractivity contribution is 0.131. The first-order valence-corrected chi connectivity index (χ1v) is 10.4. The van der Waals surface area contributed by atoms with Gasteiger partial charge in [-0.25, -0.2) is 0 Å². The SMILES string of the molecule is ClC(Cl)=CCOc1cccc2c1CCC/C2=N\OCc1cccc2ccccc12. The van der Waals surface area contributed by atoms with Crippen molar-refractivity contribution in [2.45, 2.75) is 25.9 Å². The van der Waals surface area contributed by atoms with E-state index in [1.54, 1.807) is 6.08 Å². The average Bonchev–Trinajstić information content (AvgIpc) is 2.74. The summed E-state index contributed by atoms with van der Waals surface area (Å²) in [7, 11) is 0. The quantitative estimate of drug-likeness (QED) is 0.406. The predicted octanol–water partition coefficient (Wildman–Crippen LogP) is 6.79. The summed E-state index contributed by atoms with van der Waals surface area (Å²) in [6, 6.07) is 20.6. The van der Waals surface area contributed by atoms with Crippen LogP contribution < -0.4 is 4.74 Å². The fourth-order valence-electron chi connectivity index (χ4n) is 3.68. The van der Waals surface area contributed by atoms with E-state index in [0.29, 0.717) is 13.2 Å². The van der Waals surface area contributed by atoms with E-state index in [0.717, 1.165) is 47.4 Å². The number of fused-ring (bicyclic) bond motifs is 2. The molecule has 0 fully saturated rings. The Kier molecular flexibility index (Phi) is 6.38. The van der Waals surface area contributed by atoms with E-state index < -0.39 is 0 Å². The van der Waals surface area contributed by atoms with Crippen molar-refractivity contribution in [3.05, 3.63) is 87.9 Å². The molecule has 148 valence electrons. The van der Waals surface area contributed by atoms with Gasteiger partial charge < -0.3 is 9.57 Å². The standard InChI is InChI=1S/C24H21Cl2NO2/c25-24(26)14-15-28-23-13-5-10-20-21(23)11-4-12-22(20)27-29-16-18-8-3-7-17-6-1-2-9-19(17)18/h1-3,5-10,13-14H,4,11-12,15-16H2/b27-22+. The molecule has 29 heavy (non-hydrogen) atoms. The summed E-state index contributed by atoms with van der Waals surface area (Å²) in [5.41, 5.74) is 4.34. The van der Waals surface area contributed by atoms with Crippen molar-refractivity contribution >= 4 is 39.7 Å². The average molecular weight is 426 g/mol. The molecular weight excluding hydrogens is 405 g/mol. The van der Waals surface area contributed by atoms with Gasteiger partial charge in [-0.3, -0.25) is 0 Å². The first-order valence-electron chi connectivity index (χ1n) is 9.64. The van der Waals surface area contributed by atoms with Crippen LogP contribution in [0.3, 0.4) is 0 Å². The minimum absolute atomic E-state index is 0.207. The number of rotatable bonds is 6. The topological polar surface area (TPSA) is 30.8 Å². The number of halogens is 2. The molecule has 0 unspecified atom stereocenters. The van der Waals surface area contributed by atoms with Crippen molar-refractivity contribution in [3.63, 3.8) is 0 Å². The van der Waals surface area contributed by atoms with Crippen molar-refractivity contribution in [1.82, 2.24) is 0 Å². The third-order valence-electron chi connectivity index (χ3n) is 5.04. The largest absolute Gasteiger partial charge is 0.489 e. The lowest BCUT2D eigenvalue weighted by Crippen LogP contribution is -2.14. The van der Waals surface area contributed by atoms with Crippen LogP contribution in [0.4, 0.5) is 0 Å². The fourth-order valence-corrected chi connectivity index (χ4v) is 3.81. The highest BCUT2D eigenvalue weighted by Crippen LogP contribution is 2.30. The molecule has 0 atom stereocenters. The summed E-state index contributed by atoms with van der Waals surface area (Å²) in [6.45, 7) is 0.776. The van der Waals surface area contributed by atoms with Gasteiger partial charge in [0.1, 0.15) is 23.5 Å². The summed E-state index contributed by atoms with van der Waals surface area (Å²) in [5.74, 6) is 0.842. The number of ether oxygens (including phenoxy) is 1. The Bertz CT molecular complexity index is 1070. The van der Waals surface area contributed by atoms with Crippen molar-refractivity contribution in [2.24, 2.45) is 5.16 Å². The lowest BCUT2D eigenvalue weighted by atomic mass is 9.89. The van der Waals surface area contributed by atoms with Crippen LogP contribution >= 0.6 is 23.2 Å². The third kappa shape index (κ3) is 4.75. The van der Waals surface area contributed by atoms with E-state index in [1.165, 1.54) is 10.8 Å². The number of hydrogen-bond donors (Lipinski definition) is 0. The molecule has 0 aliphatic heterocycles. The van der Waals surface area contributed by atoms with Gasteiger partial charge in [0.05, 0.1) is 5.71 Å². The van der Waals surface area contributed by atoms with Crippen LogP contribution in [0, 0.1) is 0 Å². The second-order valence-electron chi connectivity index (χ2n) is 6.89. The van der Waals surface area contributed by atoms with E-state index in [2.05, 4.69) is 41.6 Å². The van der Waals surface area contributed by atoms with Gasteiger partial charge in [-0.05, 0) is 47.7 Å². The molecular formula is C24H21Cl2NO2. The molecule has 0 N–H and O–H groups in total. The van der Waals surface area contributed by atoms with Crippen molar-refractivity contribution in [1.29, 1.82) is 0 Å². The molecule has 0 radical (unpaired) electrons. The monoisotopic (exact) mass is 425 g/mol. The molecule has 0 saturated carbocycles. The number of nitrogens with zero attached hydrogens (tertiary/aromatic N) is 1. The van der Waals surface area contributed by atoms with Crippen molar-refractivity contribution in [3.8, 4) is 5.75 Å². The van der Waals surface area contributed by atoms with E-state index in [-0.39, 0.29) is 4.49 Å². The van der Waals surface area contributed by atoms with Gasteiger partial charge in [0.25, 0.3) is 0 Å². The molecule has 4 rings (SSSR count). The highest BCUT2D eigenvalue weighted by molar-refractivity contribution is 6.55. The highest BCUT2D eigenvalue weighted by atomic mass is 35.5. The van der Waals surface area contributed by atoms with E-state index in [1.807, 2.05) is 24.3 Å². The van der Waals surface area contributed by atoms with Gasteiger partial charge in [-0.1, -0.05) is 83.0 Å². The molecule has 3 nitrogen and oxygen atoms in total. The smallest absolute Gasteiger partial charge is 0.142 e. The molecule has 3 aromatic rings. The maximum Gasteiger partial charge on any atom is 0.142 e. The summed E-state index contributed by atoms with van der Waals surface area (Å²) in [6.07, 6.45) is 4.48. The molecule has 0 spiro atoms. The molecule has 0 saturated heterocycles. The zero-order chi connectivity index (χ0) is 20.1. The first-order chi connectivity index (χ1) is 14.2. The second kappa shape index (κ2) is 9.34. The number of hydrogen-bond acceptors (Lipinski definition) is 3. The van der Waals surface area contributed by atoms with E-state index in [9.17, 15) is 0 Å². The molecule has 1 aliphatic rings. The predicted molar refractivity (Wildman–Crippen MR) is 120 cm³/mol. The molecule has 0 amide bonds. The van der Waals surface area contributed by atoms with Crippen LogP contribution in [-0.2, 0) is 17.9 Å². The Labute approximate surface area is 180 Å². The number of oxime groups is 1. The molecule has 0 aromatic heterocycles. The van der Waals surface area contributed by atoms with Gasteiger partial charge in [0.15, 0.2) is 0 Å². The zero-order valence-electron chi connectivity index (χ0n) is 15.9. The van der Waals surface area contributed by atoms with Crippen LogP contribution in [-0.4, -0.2) is 12.3 Å². The Morgan fingerprint density at radius 1 is 0.966 bits per heavy atom. The van der Waals surface area contributed by atoms with E-state index in [4.69, 9.17) is 32.8 Å². The van der Waals surface area contributed by atoms with Crippen LogP contribution in [0.5, 0.6) is 5.75 Å². The van der Waals surface area contributed by atoms with Crippen LogP contribution in [0.1, 0.15) is 29.5 Å². The van der Waals surface area contributed by atoms with Gasteiger partial charge in [0, 0.05) is 11.1 Å². The Balaban J connectivity index is 1.52. The molecule has 0 heterocycles. The van der Waals surface area contributed by atoms with E-state index >= 15 is 0 Å². The van der Waals surface area contributed by atoms with Gasteiger partial charge in [0.2, 0.25) is 0 Å². The first kappa shape index (κ1) is 19.8. The van der Waals surface area contributed by atoms with Gasteiger partial charge in [-0.2, -0.15) is 0 Å².